The van der Waals surface area contributed by atoms with Crippen LogP contribution in [0.25, 0.3) is 0 Å². The number of carbonyl (C=O) groups is 2. The second-order valence-corrected chi connectivity index (χ2v) is 4.80. The molecule has 0 unspecified atom stereocenters. The lowest BCUT2D eigenvalue weighted by Crippen LogP contribution is -2.38. The lowest BCUT2D eigenvalue weighted by Gasteiger charge is -2.22. The highest BCUT2D eigenvalue weighted by Gasteiger charge is 2.27. The molecule has 0 aromatic heterocycles. The molecule has 116 valence electrons. The maximum absolute atomic E-state index is 12.0. The Morgan fingerprint density at radius 1 is 1.24 bits per heavy atom. The molecule has 1 aromatic carbocycles. The average molecular weight is 295 g/mol. The molecule has 0 saturated heterocycles. The number of methoxy groups -OCH3 is 2. The van der Waals surface area contributed by atoms with E-state index in [1.165, 1.54) is 20.3 Å². The first-order valence-corrected chi connectivity index (χ1v) is 6.57. The van der Waals surface area contributed by atoms with Crippen molar-refractivity contribution < 1.29 is 23.8 Å². The number of carbonyl (C=O) groups excluding carboxylic acids is 2. The monoisotopic (exact) mass is 295 g/mol. The molecule has 1 rings (SSSR count). The van der Waals surface area contributed by atoms with E-state index in [1.807, 2.05) is 0 Å². The Bertz CT molecular complexity index is 525. The Labute approximate surface area is 124 Å². The van der Waals surface area contributed by atoms with Gasteiger partial charge in [-0.15, -0.1) is 0 Å². The van der Waals surface area contributed by atoms with Gasteiger partial charge in [0.05, 0.1) is 13.7 Å². The summed E-state index contributed by atoms with van der Waals surface area (Å²) >= 11 is 0. The van der Waals surface area contributed by atoms with E-state index in [4.69, 9.17) is 14.2 Å². The number of nitrogens with one attached hydrogen (secondary N) is 1. The third-order valence-corrected chi connectivity index (χ3v) is 3.01. The topological polar surface area (TPSA) is 73.9 Å². The number of hydrogen-bond donors (Lipinski definition) is 1. The molecule has 0 fully saturated rings. The van der Waals surface area contributed by atoms with E-state index in [0.29, 0.717) is 11.4 Å². The first-order chi connectivity index (χ1) is 9.85. The van der Waals surface area contributed by atoms with Gasteiger partial charge in [-0.3, -0.25) is 4.79 Å². The molecule has 0 heterocycles. The van der Waals surface area contributed by atoms with Gasteiger partial charge in [0.15, 0.2) is 0 Å². The molecule has 0 aliphatic rings. The summed E-state index contributed by atoms with van der Waals surface area (Å²) in [4.78, 5) is 23.9. The number of hydrogen-bond acceptors (Lipinski definition) is 5. The zero-order valence-corrected chi connectivity index (χ0v) is 13.0. The van der Waals surface area contributed by atoms with Gasteiger partial charge in [0.2, 0.25) is 0 Å². The van der Waals surface area contributed by atoms with Crippen LogP contribution in [0.1, 0.15) is 31.1 Å². The summed E-state index contributed by atoms with van der Waals surface area (Å²) in [6, 6.07) is 4.76. The van der Waals surface area contributed by atoms with E-state index < -0.39 is 11.6 Å². The molecular weight excluding hydrogens is 274 g/mol. The predicted molar refractivity (Wildman–Crippen MR) is 78.7 cm³/mol. The van der Waals surface area contributed by atoms with Crippen molar-refractivity contribution in [2.24, 2.45) is 0 Å². The number of ether oxygens (including phenoxy) is 3. The van der Waals surface area contributed by atoms with Crippen molar-refractivity contribution in [2.75, 3.05) is 26.1 Å². The lowest BCUT2D eigenvalue weighted by atomic mass is 10.1. The van der Waals surface area contributed by atoms with Crippen LogP contribution in [0.2, 0.25) is 0 Å². The summed E-state index contributed by atoms with van der Waals surface area (Å²) in [6.45, 7) is 5.28. The van der Waals surface area contributed by atoms with Crippen LogP contribution in [0, 0.1) is 0 Å². The molecule has 1 amide bonds. The fourth-order valence-electron chi connectivity index (χ4n) is 1.53. The van der Waals surface area contributed by atoms with E-state index in [-0.39, 0.29) is 18.1 Å². The Hall–Kier alpha value is -2.08. The largest absolute Gasteiger partial charge is 0.496 e. The van der Waals surface area contributed by atoms with E-state index >= 15 is 0 Å². The molecule has 0 saturated carbocycles. The van der Waals surface area contributed by atoms with E-state index in [2.05, 4.69) is 5.32 Å². The fourth-order valence-corrected chi connectivity index (χ4v) is 1.53. The standard InChI is InChI=1S/C15H21NO5/c1-6-21-13(17)11-9-10(7-8-12(11)19-4)16-14(18)15(2,3)20-5/h7-9H,6H2,1-5H3,(H,16,18). The van der Waals surface area contributed by atoms with Crippen LogP contribution in [-0.4, -0.2) is 38.3 Å². The van der Waals surface area contributed by atoms with Crippen molar-refractivity contribution in [3.63, 3.8) is 0 Å². The normalized spacial score (nSPS) is 10.9. The highest BCUT2D eigenvalue weighted by atomic mass is 16.5. The summed E-state index contributed by atoms with van der Waals surface area (Å²) in [5.41, 5.74) is -0.245. The number of esters is 1. The SMILES string of the molecule is CCOC(=O)c1cc(NC(=O)C(C)(C)OC)ccc1OC. The molecule has 21 heavy (non-hydrogen) atoms. The molecule has 1 aromatic rings. The van der Waals surface area contributed by atoms with Gasteiger partial charge in [-0.25, -0.2) is 4.79 Å². The smallest absolute Gasteiger partial charge is 0.341 e. The number of anilines is 1. The minimum Gasteiger partial charge on any atom is -0.496 e. The minimum atomic E-state index is -0.968. The lowest BCUT2D eigenvalue weighted by molar-refractivity contribution is -0.133. The van der Waals surface area contributed by atoms with Crippen molar-refractivity contribution in [2.45, 2.75) is 26.4 Å². The van der Waals surface area contributed by atoms with Crippen molar-refractivity contribution in [3.05, 3.63) is 23.8 Å². The van der Waals surface area contributed by atoms with Crippen LogP contribution < -0.4 is 10.1 Å². The third-order valence-electron chi connectivity index (χ3n) is 3.01. The molecule has 1 N–H and O–H groups in total. The van der Waals surface area contributed by atoms with Crippen molar-refractivity contribution in [3.8, 4) is 5.75 Å². The first kappa shape index (κ1) is 17.0. The van der Waals surface area contributed by atoms with E-state index in [1.54, 1.807) is 32.9 Å². The van der Waals surface area contributed by atoms with E-state index in [0.717, 1.165) is 0 Å². The summed E-state index contributed by atoms with van der Waals surface area (Å²) in [5.74, 6) is -0.432. The quantitative estimate of drug-likeness (QED) is 0.815. The Kier molecular flexibility index (Phi) is 5.72. The summed E-state index contributed by atoms with van der Waals surface area (Å²) < 4.78 is 15.2. The molecule has 0 atom stereocenters. The van der Waals surface area contributed by atoms with Gasteiger partial charge in [0.25, 0.3) is 5.91 Å². The average Bonchev–Trinajstić information content (AvgIpc) is 2.47. The number of rotatable bonds is 6. The highest BCUT2D eigenvalue weighted by molar-refractivity contribution is 5.99. The molecule has 6 nitrogen and oxygen atoms in total. The van der Waals surface area contributed by atoms with Gasteiger partial charge in [-0.2, -0.15) is 0 Å². The van der Waals surface area contributed by atoms with Gasteiger partial charge in [-0.1, -0.05) is 0 Å². The van der Waals surface area contributed by atoms with Gasteiger partial charge >= 0.3 is 5.97 Å². The van der Waals surface area contributed by atoms with Crippen molar-refractivity contribution in [1.29, 1.82) is 0 Å². The minimum absolute atomic E-state index is 0.257. The summed E-state index contributed by atoms with van der Waals surface area (Å²) in [5, 5.41) is 2.69. The van der Waals surface area contributed by atoms with Gasteiger partial charge in [-0.05, 0) is 39.0 Å². The van der Waals surface area contributed by atoms with Crippen LogP contribution >= 0.6 is 0 Å². The number of benzene rings is 1. The van der Waals surface area contributed by atoms with Gasteiger partial charge < -0.3 is 19.5 Å². The molecule has 6 heteroatoms. The maximum Gasteiger partial charge on any atom is 0.341 e. The second kappa shape index (κ2) is 7.08. The molecule has 0 bridgehead atoms. The van der Waals surface area contributed by atoms with Crippen LogP contribution in [0.3, 0.4) is 0 Å². The zero-order chi connectivity index (χ0) is 16.0. The molecule has 0 aliphatic carbocycles. The van der Waals surface area contributed by atoms with Crippen molar-refractivity contribution in [1.82, 2.24) is 0 Å². The van der Waals surface area contributed by atoms with Crippen LogP contribution in [0.5, 0.6) is 5.75 Å². The summed E-state index contributed by atoms with van der Waals surface area (Å²) in [6.07, 6.45) is 0. The maximum atomic E-state index is 12.0. The Morgan fingerprint density at radius 2 is 1.90 bits per heavy atom. The van der Waals surface area contributed by atoms with Gasteiger partial charge in [0, 0.05) is 12.8 Å². The van der Waals surface area contributed by atoms with Crippen LogP contribution in [0.15, 0.2) is 18.2 Å². The molecule has 0 spiro atoms. The third kappa shape index (κ3) is 4.19. The van der Waals surface area contributed by atoms with Crippen LogP contribution in [-0.2, 0) is 14.3 Å². The molecule has 0 radical (unpaired) electrons. The fraction of sp³-hybridized carbons (Fsp3) is 0.467. The first-order valence-electron chi connectivity index (χ1n) is 6.57. The predicted octanol–water partition coefficient (Wildman–Crippen LogP) is 2.24. The van der Waals surface area contributed by atoms with Crippen LogP contribution in [0.4, 0.5) is 5.69 Å². The second-order valence-electron chi connectivity index (χ2n) is 4.80. The highest BCUT2D eigenvalue weighted by Crippen LogP contribution is 2.24. The zero-order valence-electron chi connectivity index (χ0n) is 13.0. The molecular formula is C15H21NO5. The Balaban J connectivity index is 3.03. The summed E-state index contributed by atoms with van der Waals surface area (Å²) in [7, 11) is 2.92. The van der Waals surface area contributed by atoms with Crippen molar-refractivity contribution >= 4 is 17.6 Å². The van der Waals surface area contributed by atoms with E-state index in [9.17, 15) is 9.59 Å². The Morgan fingerprint density at radius 3 is 2.43 bits per heavy atom. The van der Waals surface area contributed by atoms with Gasteiger partial charge in [0.1, 0.15) is 16.9 Å². The molecule has 0 aliphatic heterocycles. The number of amides is 1.